The summed E-state index contributed by atoms with van der Waals surface area (Å²) in [6, 6.07) is 16.6. The lowest BCUT2D eigenvalue weighted by molar-refractivity contribution is -0.119. The fourth-order valence-corrected chi connectivity index (χ4v) is 4.35. The minimum absolute atomic E-state index is 0.360. The SMILES string of the molecule is COc1ccc(N(CC(=O)N/N=C/c2cc(C)n(-c3ccc(C)cc3)c2C)S(C)(=O)=O)cc1. The van der Waals surface area contributed by atoms with E-state index in [1.165, 1.54) is 12.7 Å². The summed E-state index contributed by atoms with van der Waals surface area (Å²) in [5.74, 6) is 0.0318. The first-order valence-corrected chi connectivity index (χ1v) is 12.1. The van der Waals surface area contributed by atoms with Gasteiger partial charge in [-0.2, -0.15) is 5.10 Å². The third-order valence-electron chi connectivity index (χ3n) is 5.20. The Bertz CT molecular complexity index is 1260. The molecule has 0 aliphatic carbocycles. The molecule has 0 atom stereocenters. The molecule has 3 aromatic rings. The van der Waals surface area contributed by atoms with Gasteiger partial charge in [0.1, 0.15) is 12.3 Å². The first kappa shape index (κ1) is 24.1. The number of nitrogens with one attached hydrogen (secondary N) is 1. The van der Waals surface area contributed by atoms with E-state index in [-0.39, 0.29) is 0 Å². The van der Waals surface area contributed by atoms with E-state index in [1.807, 2.05) is 26.8 Å². The third kappa shape index (κ3) is 5.81. The van der Waals surface area contributed by atoms with E-state index >= 15 is 0 Å². The number of rotatable bonds is 8. The summed E-state index contributed by atoms with van der Waals surface area (Å²) < 4.78 is 32.7. The molecule has 0 radical (unpaired) electrons. The number of sulfonamides is 1. The number of aryl methyl sites for hydroxylation is 2. The Balaban J connectivity index is 1.72. The molecule has 0 saturated carbocycles. The van der Waals surface area contributed by atoms with Crippen LogP contribution < -0.4 is 14.5 Å². The number of hydrogen-bond acceptors (Lipinski definition) is 5. The van der Waals surface area contributed by atoms with Gasteiger partial charge in [0, 0.05) is 22.6 Å². The zero-order valence-corrected chi connectivity index (χ0v) is 20.2. The van der Waals surface area contributed by atoms with Crippen molar-refractivity contribution in [3.63, 3.8) is 0 Å². The van der Waals surface area contributed by atoms with Gasteiger partial charge >= 0.3 is 0 Å². The van der Waals surface area contributed by atoms with Crippen molar-refractivity contribution >= 4 is 27.8 Å². The summed E-state index contributed by atoms with van der Waals surface area (Å²) in [7, 11) is -2.16. The Hall–Kier alpha value is -3.59. The van der Waals surface area contributed by atoms with Gasteiger partial charge in [0.15, 0.2) is 0 Å². The standard InChI is InChI=1S/C24H28N4O4S/c1-17-6-8-22(9-7-17)28-18(2)14-20(19(28)3)15-25-26-24(29)16-27(33(5,30)31)21-10-12-23(32-4)13-11-21/h6-15H,16H2,1-5H3,(H,26,29)/b25-15+. The number of methoxy groups -OCH3 is 1. The van der Waals surface area contributed by atoms with Crippen LogP contribution >= 0.6 is 0 Å². The highest BCUT2D eigenvalue weighted by Crippen LogP contribution is 2.22. The zero-order valence-electron chi connectivity index (χ0n) is 19.4. The highest BCUT2D eigenvalue weighted by molar-refractivity contribution is 7.92. The predicted molar refractivity (Wildman–Crippen MR) is 131 cm³/mol. The van der Waals surface area contributed by atoms with Gasteiger partial charge in [-0.3, -0.25) is 9.10 Å². The third-order valence-corrected chi connectivity index (χ3v) is 6.34. The minimum Gasteiger partial charge on any atom is -0.497 e. The highest BCUT2D eigenvalue weighted by Gasteiger charge is 2.20. The lowest BCUT2D eigenvalue weighted by atomic mass is 10.2. The van der Waals surface area contributed by atoms with Crippen molar-refractivity contribution in [1.82, 2.24) is 9.99 Å². The number of nitrogens with zero attached hydrogens (tertiary/aromatic N) is 3. The van der Waals surface area contributed by atoms with Crippen LogP contribution in [-0.2, 0) is 14.8 Å². The van der Waals surface area contributed by atoms with Crippen molar-refractivity contribution < 1.29 is 17.9 Å². The Labute approximate surface area is 194 Å². The average Bonchev–Trinajstić information content (AvgIpc) is 3.05. The number of aromatic nitrogens is 1. The summed E-state index contributed by atoms with van der Waals surface area (Å²) in [6.07, 6.45) is 2.61. The summed E-state index contributed by atoms with van der Waals surface area (Å²) in [4.78, 5) is 12.4. The van der Waals surface area contributed by atoms with Crippen molar-refractivity contribution in [3.05, 3.63) is 77.1 Å². The predicted octanol–water partition coefficient (Wildman–Crippen LogP) is 3.33. The number of benzene rings is 2. The van der Waals surface area contributed by atoms with E-state index in [0.29, 0.717) is 11.4 Å². The van der Waals surface area contributed by atoms with E-state index in [1.54, 1.807) is 30.5 Å². The number of carbonyl (C=O) groups is 1. The maximum absolute atomic E-state index is 12.4. The quantitative estimate of drug-likeness (QED) is 0.405. The summed E-state index contributed by atoms with van der Waals surface area (Å²) in [6.45, 7) is 5.62. The van der Waals surface area contributed by atoms with Gasteiger partial charge in [0.05, 0.1) is 25.3 Å². The minimum atomic E-state index is -3.68. The first-order valence-electron chi connectivity index (χ1n) is 10.3. The molecule has 3 rings (SSSR count). The number of anilines is 1. The van der Waals surface area contributed by atoms with E-state index in [4.69, 9.17) is 4.74 Å². The maximum atomic E-state index is 12.4. The topological polar surface area (TPSA) is 93.0 Å². The normalized spacial score (nSPS) is 11.5. The fraction of sp³-hybridized carbons (Fsp3) is 0.250. The van der Waals surface area contributed by atoms with Crippen LogP contribution in [0.15, 0.2) is 59.7 Å². The lowest BCUT2D eigenvalue weighted by Crippen LogP contribution is -2.39. The second-order valence-corrected chi connectivity index (χ2v) is 9.67. The Kier molecular flexibility index (Phi) is 7.23. The summed E-state index contributed by atoms with van der Waals surface area (Å²) >= 11 is 0. The van der Waals surface area contributed by atoms with Crippen molar-refractivity contribution in [2.24, 2.45) is 5.10 Å². The number of hydrogen-bond donors (Lipinski definition) is 1. The average molecular weight is 469 g/mol. The number of carbonyl (C=O) groups excluding carboxylic acids is 1. The van der Waals surface area contributed by atoms with Crippen LogP contribution in [0.5, 0.6) is 5.75 Å². The molecule has 0 bridgehead atoms. The maximum Gasteiger partial charge on any atom is 0.260 e. The second-order valence-electron chi connectivity index (χ2n) is 7.76. The van der Waals surface area contributed by atoms with Gasteiger partial charge in [0.2, 0.25) is 10.0 Å². The van der Waals surface area contributed by atoms with Gasteiger partial charge in [0.25, 0.3) is 5.91 Å². The summed E-state index contributed by atoms with van der Waals surface area (Å²) in [5.41, 5.74) is 7.87. The van der Waals surface area contributed by atoms with E-state index in [0.717, 1.165) is 33.2 Å². The molecule has 0 aliphatic heterocycles. The van der Waals surface area contributed by atoms with Crippen LogP contribution in [0, 0.1) is 20.8 Å². The van der Waals surface area contributed by atoms with Crippen molar-refractivity contribution in [1.29, 1.82) is 0 Å². The van der Waals surface area contributed by atoms with Crippen LogP contribution in [0.1, 0.15) is 22.5 Å². The molecular formula is C24H28N4O4S. The van der Waals surface area contributed by atoms with E-state index < -0.39 is 22.5 Å². The molecule has 1 amide bonds. The smallest absolute Gasteiger partial charge is 0.260 e. The van der Waals surface area contributed by atoms with Gasteiger partial charge in [-0.1, -0.05) is 17.7 Å². The summed E-state index contributed by atoms with van der Waals surface area (Å²) in [5, 5.41) is 4.04. The molecule has 0 aliphatic rings. The molecule has 0 fully saturated rings. The molecule has 1 N–H and O–H groups in total. The molecule has 8 nitrogen and oxygen atoms in total. The Morgan fingerprint density at radius 1 is 1.09 bits per heavy atom. The van der Waals surface area contributed by atoms with E-state index in [2.05, 4.69) is 39.4 Å². The Morgan fingerprint density at radius 3 is 2.30 bits per heavy atom. The fourth-order valence-electron chi connectivity index (χ4n) is 3.50. The van der Waals surface area contributed by atoms with Crippen LogP contribution in [0.25, 0.3) is 5.69 Å². The van der Waals surface area contributed by atoms with Crippen LogP contribution in [0.3, 0.4) is 0 Å². The van der Waals surface area contributed by atoms with Crippen LogP contribution in [0.4, 0.5) is 5.69 Å². The van der Waals surface area contributed by atoms with Crippen LogP contribution in [-0.4, -0.2) is 45.0 Å². The number of hydrazone groups is 1. The van der Waals surface area contributed by atoms with Gasteiger partial charge < -0.3 is 9.30 Å². The molecule has 174 valence electrons. The lowest BCUT2D eigenvalue weighted by Gasteiger charge is -2.21. The molecule has 9 heteroatoms. The van der Waals surface area contributed by atoms with Gasteiger partial charge in [-0.25, -0.2) is 13.8 Å². The van der Waals surface area contributed by atoms with Crippen molar-refractivity contribution in [3.8, 4) is 11.4 Å². The number of amides is 1. The molecule has 1 aromatic heterocycles. The monoisotopic (exact) mass is 468 g/mol. The molecule has 33 heavy (non-hydrogen) atoms. The van der Waals surface area contributed by atoms with Gasteiger partial charge in [-0.05, 0) is 63.2 Å². The molecule has 1 heterocycles. The van der Waals surface area contributed by atoms with Crippen molar-refractivity contribution in [2.75, 3.05) is 24.2 Å². The van der Waals surface area contributed by atoms with Crippen LogP contribution in [0.2, 0.25) is 0 Å². The second kappa shape index (κ2) is 9.91. The molecular weight excluding hydrogens is 440 g/mol. The largest absolute Gasteiger partial charge is 0.497 e. The highest BCUT2D eigenvalue weighted by atomic mass is 32.2. The molecule has 0 saturated heterocycles. The first-order chi connectivity index (χ1) is 15.6. The van der Waals surface area contributed by atoms with E-state index in [9.17, 15) is 13.2 Å². The molecule has 0 unspecified atom stereocenters. The van der Waals surface area contributed by atoms with Gasteiger partial charge in [-0.15, -0.1) is 0 Å². The molecule has 2 aromatic carbocycles. The van der Waals surface area contributed by atoms with Crippen molar-refractivity contribution in [2.45, 2.75) is 20.8 Å². The molecule has 0 spiro atoms. The Morgan fingerprint density at radius 2 is 1.73 bits per heavy atom. The number of ether oxygens (including phenoxy) is 1. The zero-order chi connectivity index (χ0) is 24.2.